The number of hydrogen-bond acceptors (Lipinski definition) is 4. The van der Waals surface area contributed by atoms with Gasteiger partial charge in [-0.3, -0.25) is 4.57 Å². The van der Waals surface area contributed by atoms with Crippen LogP contribution in [0.4, 0.5) is 13.2 Å². The van der Waals surface area contributed by atoms with Gasteiger partial charge in [-0.05, 0) is 24.6 Å². The zero-order valence-corrected chi connectivity index (χ0v) is 13.0. The Morgan fingerprint density at radius 1 is 1.29 bits per heavy atom. The van der Waals surface area contributed by atoms with Crippen molar-refractivity contribution in [3.05, 3.63) is 41.7 Å². The van der Waals surface area contributed by atoms with E-state index in [2.05, 4.69) is 9.72 Å². The predicted octanol–water partition coefficient (Wildman–Crippen LogP) is 3.11. The van der Waals surface area contributed by atoms with Crippen LogP contribution in [0, 0.1) is 6.92 Å². The number of hydrogen-bond donors (Lipinski definition) is 0. The average molecular weight is 342 g/mol. The number of ether oxygens (including phenoxy) is 3. The zero-order valence-electron chi connectivity index (χ0n) is 13.0. The number of alkyl halides is 3. The van der Waals surface area contributed by atoms with Gasteiger partial charge in [0.15, 0.2) is 6.61 Å². The van der Waals surface area contributed by atoms with Crippen LogP contribution in [0.3, 0.4) is 0 Å². The molecule has 0 N–H and O–H groups in total. The molecule has 8 heteroatoms. The second-order valence-corrected chi connectivity index (χ2v) is 5.61. The SMILES string of the molecule is Cc1cn2c(n1)OCC(OCc1ccc(OCC(F)(F)F)cc1)C2. The summed E-state index contributed by atoms with van der Waals surface area (Å²) < 4.78 is 54.2. The van der Waals surface area contributed by atoms with Crippen molar-refractivity contribution in [1.29, 1.82) is 0 Å². The number of nitrogens with zero attached hydrogens (tertiary/aromatic N) is 2. The molecule has 0 saturated heterocycles. The summed E-state index contributed by atoms with van der Waals surface area (Å²) in [4.78, 5) is 4.24. The number of aryl methyl sites for hydroxylation is 1. The Hall–Kier alpha value is -2.22. The summed E-state index contributed by atoms with van der Waals surface area (Å²) in [6.45, 7) is 2.02. The monoisotopic (exact) mass is 342 g/mol. The lowest BCUT2D eigenvalue weighted by atomic mass is 10.2. The van der Waals surface area contributed by atoms with Crippen molar-refractivity contribution >= 4 is 0 Å². The molecular formula is C16H17F3N2O3. The number of aromatic nitrogens is 2. The van der Waals surface area contributed by atoms with Gasteiger partial charge in [-0.15, -0.1) is 0 Å². The molecule has 0 saturated carbocycles. The number of benzene rings is 1. The molecule has 2 heterocycles. The fourth-order valence-electron chi connectivity index (χ4n) is 2.37. The van der Waals surface area contributed by atoms with E-state index in [4.69, 9.17) is 9.47 Å². The van der Waals surface area contributed by atoms with Crippen LogP contribution in [0.2, 0.25) is 0 Å². The quantitative estimate of drug-likeness (QED) is 0.838. The fourth-order valence-corrected chi connectivity index (χ4v) is 2.37. The summed E-state index contributed by atoms with van der Waals surface area (Å²) in [7, 11) is 0. The molecule has 2 aromatic rings. The number of rotatable bonds is 5. The lowest BCUT2D eigenvalue weighted by Gasteiger charge is -2.24. The first kappa shape index (κ1) is 16.6. The maximum Gasteiger partial charge on any atom is 0.422 e. The summed E-state index contributed by atoms with van der Waals surface area (Å²) in [6, 6.07) is 6.96. The van der Waals surface area contributed by atoms with E-state index in [0.29, 0.717) is 25.8 Å². The first-order chi connectivity index (χ1) is 11.4. The van der Waals surface area contributed by atoms with Crippen LogP contribution in [0.15, 0.2) is 30.5 Å². The Labute approximate surface area is 137 Å². The molecule has 1 aliphatic rings. The molecule has 130 valence electrons. The third kappa shape index (κ3) is 4.41. The standard InChI is InChI=1S/C16H17F3N2O3/c1-11-6-21-7-14(9-23-15(21)20-11)22-8-12-2-4-13(5-3-12)24-10-16(17,18)19/h2-6,14H,7-10H2,1H3. The predicted molar refractivity (Wildman–Crippen MR) is 79.0 cm³/mol. The van der Waals surface area contributed by atoms with E-state index in [1.807, 2.05) is 17.7 Å². The van der Waals surface area contributed by atoms with Crippen LogP contribution in [0.5, 0.6) is 11.8 Å². The van der Waals surface area contributed by atoms with E-state index in [0.717, 1.165) is 11.3 Å². The summed E-state index contributed by atoms with van der Waals surface area (Å²) in [5, 5.41) is 0. The van der Waals surface area contributed by atoms with Gasteiger partial charge in [0, 0.05) is 6.20 Å². The fraction of sp³-hybridized carbons (Fsp3) is 0.438. The minimum Gasteiger partial charge on any atom is -0.484 e. The third-order valence-electron chi connectivity index (χ3n) is 3.47. The van der Waals surface area contributed by atoms with Gasteiger partial charge in [0.25, 0.3) is 6.01 Å². The van der Waals surface area contributed by atoms with Gasteiger partial charge in [-0.1, -0.05) is 12.1 Å². The van der Waals surface area contributed by atoms with Crippen molar-refractivity contribution in [2.24, 2.45) is 0 Å². The highest BCUT2D eigenvalue weighted by molar-refractivity contribution is 5.27. The molecule has 1 unspecified atom stereocenters. The molecule has 0 radical (unpaired) electrons. The highest BCUT2D eigenvalue weighted by atomic mass is 19.4. The van der Waals surface area contributed by atoms with Gasteiger partial charge in [0.1, 0.15) is 18.5 Å². The van der Waals surface area contributed by atoms with E-state index in [1.165, 1.54) is 12.1 Å². The van der Waals surface area contributed by atoms with E-state index in [9.17, 15) is 13.2 Å². The lowest BCUT2D eigenvalue weighted by Crippen LogP contribution is -2.32. The van der Waals surface area contributed by atoms with Crippen LogP contribution in [0.1, 0.15) is 11.3 Å². The molecule has 1 aromatic carbocycles. The average Bonchev–Trinajstić information content (AvgIpc) is 2.90. The molecule has 1 atom stereocenters. The van der Waals surface area contributed by atoms with Crippen molar-refractivity contribution in [2.75, 3.05) is 13.2 Å². The molecule has 24 heavy (non-hydrogen) atoms. The van der Waals surface area contributed by atoms with Gasteiger partial charge in [0.2, 0.25) is 0 Å². The minimum absolute atomic E-state index is 0.104. The number of fused-ring (bicyclic) bond motifs is 1. The lowest BCUT2D eigenvalue weighted by molar-refractivity contribution is -0.153. The maximum atomic E-state index is 12.1. The van der Waals surface area contributed by atoms with Crippen molar-refractivity contribution in [2.45, 2.75) is 32.4 Å². The molecule has 3 rings (SSSR count). The van der Waals surface area contributed by atoms with Crippen LogP contribution < -0.4 is 9.47 Å². The Balaban J connectivity index is 1.49. The molecule has 0 spiro atoms. The largest absolute Gasteiger partial charge is 0.484 e. The van der Waals surface area contributed by atoms with Gasteiger partial charge in [0.05, 0.1) is 18.8 Å². The zero-order chi connectivity index (χ0) is 17.2. The Morgan fingerprint density at radius 2 is 2.04 bits per heavy atom. The molecule has 0 amide bonds. The van der Waals surface area contributed by atoms with Crippen LogP contribution >= 0.6 is 0 Å². The first-order valence-corrected chi connectivity index (χ1v) is 7.46. The maximum absolute atomic E-state index is 12.1. The van der Waals surface area contributed by atoms with Gasteiger partial charge in [-0.2, -0.15) is 13.2 Å². The normalized spacial score (nSPS) is 17.2. The van der Waals surface area contributed by atoms with Crippen LogP contribution in [-0.2, 0) is 17.9 Å². The molecule has 0 fully saturated rings. The van der Waals surface area contributed by atoms with E-state index >= 15 is 0 Å². The Kier molecular flexibility index (Phi) is 4.66. The second kappa shape index (κ2) is 6.72. The smallest absolute Gasteiger partial charge is 0.422 e. The van der Waals surface area contributed by atoms with Crippen molar-refractivity contribution in [3.8, 4) is 11.8 Å². The number of imidazole rings is 1. The Bertz CT molecular complexity index is 683. The highest BCUT2D eigenvalue weighted by Gasteiger charge is 2.28. The minimum atomic E-state index is -4.34. The van der Waals surface area contributed by atoms with Gasteiger partial charge < -0.3 is 14.2 Å². The highest BCUT2D eigenvalue weighted by Crippen LogP contribution is 2.21. The summed E-state index contributed by atoms with van der Waals surface area (Å²) in [5.74, 6) is 0.176. The molecule has 5 nitrogen and oxygen atoms in total. The molecule has 1 aliphatic heterocycles. The van der Waals surface area contributed by atoms with Crippen LogP contribution in [-0.4, -0.2) is 35.0 Å². The molecule has 0 aliphatic carbocycles. The van der Waals surface area contributed by atoms with Gasteiger partial charge >= 0.3 is 6.18 Å². The first-order valence-electron chi connectivity index (χ1n) is 7.46. The third-order valence-corrected chi connectivity index (χ3v) is 3.47. The number of halogens is 3. The van der Waals surface area contributed by atoms with Crippen LogP contribution in [0.25, 0.3) is 0 Å². The van der Waals surface area contributed by atoms with Crippen molar-refractivity contribution in [3.63, 3.8) is 0 Å². The van der Waals surface area contributed by atoms with E-state index < -0.39 is 12.8 Å². The van der Waals surface area contributed by atoms with Gasteiger partial charge in [-0.25, -0.2) is 4.98 Å². The second-order valence-electron chi connectivity index (χ2n) is 5.61. The summed E-state index contributed by atoms with van der Waals surface area (Å²) in [6.07, 6.45) is -2.54. The van der Waals surface area contributed by atoms with Crippen molar-refractivity contribution in [1.82, 2.24) is 9.55 Å². The molecule has 0 bridgehead atoms. The molecule has 1 aromatic heterocycles. The van der Waals surface area contributed by atoms with Crippen molar-refractivity contribution < 1.29 is 27.4 Å². The Morgan fingerprint density at radius 3 is 2.75 bits per heavy atom. The van der Waals surface area contributed by atoms with E-state index in [-0.39, 0.29) is 11.9 Å². The molecular weight excluding hydrogens is 325 g/mol. The topological polar surface area (TPSA) is 45.5 Å². The summed E-state index contributed by atoms with van der Waals surface area (Å²) >= 11 is 0. The van der Waals surface area contributed by atoms with E-state index in [1.54, 1.807) is 12.1 Å². The summed E-state index contributed by atoms with van der Waals surface area (Å²) in [5.41, 5.74) is 1.74.